The van der Waals surface area contributed by atoms with Crippen LogP contribution in [0.1, 0.15) is 42.5 Å². The largest absolute Gasteiger partial charge is 0.348 e. The molecule has 1 fully saturated rings. The van der Waals surface area contributed by atoms with E-state index < -0.39 is 17.5 Å². The predicted octanol–water partition coefficient (Wildman–Crippen LogP) is 3.80. The predicted molar refractivity (Wildman–Crippen MR) is 122 cm³/mol. The lowest BCUT2D eigenvalue weighted by molar-refractivity contribution is -0.135. The Labute approximate surface area is 186 Å². The molecule has 1 saturated heterocycles. The lowest BCUT2D eigenvalue weighted by Crippen LogP contribution is -2.44. The average molecular weight is 428 g/mol. The summed E-state index contributed by atoms with van der Waals surface area (Å²) in [4.78, 5) is 39.8. The minimum atomic E-state index is -1.21. The quantitative estimate of drug-likeness (QED) is 0.622. The molecule has 1 aliphatic heterocycles. The molecule has 6 nitrogen and oxygen atoms in total. The number of benzene rings is 3. The molecular weight excluding hydrogens is 402 g/mol. The summed E-state index contributed by atoms with van der Waals surface area (Å²) in [6, 6.07) is 21.0. The van der Waals surface area contributed by atoms with E-state index in [2.05, 4.69) is 16.7 Å². The van der Waals surface area contributed by atoms with Gasteiger partial charge in [0.1, 0.15) is 12.1 Å². The van der Waals surface area contributed by atoms with Crippen LogP contribution in [0.5, 0.6) is 0 Å². The number of nitrogens with zero attached hydrogens (tertiary/aromatic N) is 1. The molecule has 3 aromatic rings. The van der Waals surface area contributed by atoms with E-state index in [4.69, 9.17) is 0 Å². The topological polar surface area (TPSA) is 78.5 Å². The van der Waals surface area contributed by atoms with Crippen LogP contribution in [0.2, 0.25) is 0 Å². The normalized spacial score (nSPS) is 22.5. The molecule has 0 bridgehead atoms. The van der Waals surface area contributed by atoms with E-state index in [0.29, 0.717) is 5.56 Å². The maximum absolute atomic E-state index is 13.3. The van der Waals surface area contributed by atoms with Crippen LogP contribution in [0.25, 0.3) is 10.8 Å². The SMILES string of the molecule is CC1(c2ccc3ccccc3c2)NC(=O)N(CC(=O)NC2CCCc3ccccc32)C1=O. The van der Waals surface area contributed by atoms with E-state index in [1.165, 1.54) is 5.56 Å². The van der Waals surface area contributed by atoms with Crippen molar-refractivity contribution in [1.29, 1.82) is 0 Å². The van der Waals surface area contributed by atoms with Crippen LogP contribution >= 0.6 is 0 Å². The zero-order valence-electron chi connectivity index (χ0n) is 17.9. The van der Waals surface area contributed by atoms with Gasteiger partial charge in [-0.05, 0) is 59.7 Å². The van der Waals surface area contributed by atoms with E-state index in [1.54, 1.807) is 6.92 Å². The van der Waals surface area contributed by atoms with Crippen LogP contribution in [0, 0.1) is 0 Å². The zero-order valence-corrected chi connectivity index (χ0v) is 17.9. The molecule has 6 heteroatoms. The molecule has 32 heavy (non-hydrogen) atoms. The Morgan fingerprint density at radius 2 is 1.81 bits per heavy atom. The van der Waals surface area contributed by atoms with E-state index in [1.807, 2.05) is 60.7 Å². The van der Waals surface area contributed by atoms with E-state index in [9.17, 15) is 14.4 Å². The highest BCUT2D eigenvalue weighted by molar-refractivity contribution is 6.09. The molecule has 0 spiro atoms. The van der Waals surface area contributed by atoms with Crippen molar-refractivity contribution in [2.24, 2.45) is 0 Å². The van der Waals surface area contributed by atoms with Gasteiger partial charge in [0, 0.05) is 0 Å². The molecule has 1 heterocycles. The van der Waals surface area contributed by atoms with Crippen molar-refractivity contribution in [3.05, 3.63) is 83.4 Å². The molecule has 3 aromatic carbocycles. The van der Waals surface area contributed by atoms with E-state index >= 15 is 0 Å². The highest BCUT2D eigenvalue weighted by atomic mass is 16.2. The first-order valence-electron chi connectivity index (χ1n) is 11.0. The molecule has 2 unspecified atom stereocenters. The van der Waals surface area contributed by atoms with Gasteiger partial charge in [-0.15, -0.1) is 0 Å². The van der Waals surface area contributed by atoms with Crippen molar-refractivity contribution in [3.63, 3.8) is 0 Å². The fourth-order valence-electron chi connectivity index (χ4n) is 4.82. The zero-order chi connectivity index (χ0) is 22.3. The Bertz CT molecular complexity index is 1240. The Morgan fingerprint density at radius 1 is 1.06 bits per heavy atom. The second-order valence-corrected chi connectivity index (χ2v) is 8.72. The van der Waals surface area contributed by atoms with Crippen LogP contribution < -0.4 is 10.6 Å². The second-order valence-electron chi connectivity index (χ2n) is 8.72. The fourth-order valence-corrected chi connectivity index (χ4v) is 4.82. The molecular formula is C26H25N3O3. The van der Waals surface area contributed by atoms with Gasteiger partial charge in [-0.25, -0.2) is 4.79 Å². The average Bonchev–Trinajstić information content (AvgIpc) is 3.03. The smallest absolute Gasteiger partial charge is 0.325 e. The number of aryl methyl sites for hydroxylation is 1. The van der Waals surface area contributed by atoms with Gasteiger partial charge < -0.3 is 10.6 Å². The number of imide groups is 1. The Balaban J connectivity index is 1.33. The van der Waals surface area contributed by atoms with Gasteiger partial charge in [0.2, 0.25) is 5.91 Å². The summed E-state index contributed by atoms with van der Waals surface area (Å²) in [5.41, 5.74) is 1.84. The van der Waals surface area contributed by atoms with Crippen LogP contribution in [-0.2, 0) is 21.5 Å². The van der Waals surface area contributed by atoms with Gasteiger partial charge in [0.15, 0.2) is 0 Å². The number of carbonyl (C=O) groups excluding carboxylic acids is 3. The monoisotopic (exact) mass is 427 g/mol. The van der Waals surface area contributed by atoms with E-state index in [-0.39, 0.29) is 18.5 Å². The number of hydrogen-bond donors (Lipinski definition) is 2. The first kappa shape index (κ1) is 20.2. The number of hydrogen-bond acceptors (Lipinski definition) is 3. The number of urea groups is 1. The molecule has 4 amide bonds. The summed E-state index contributed by atoms with van der Waals surface area (Å²) >= 11 is 0. The van der Waals surface area contributed by atoms with Gasteiger partial charge >= 0.3 is 6.03 Å². The molecule has 0 aromatic heterocycles. The van der Waals surface area contributed by atoms with Crippen molar-refractivity contribution in [3.8, 4) is 0 Å². The Morgan fingerprint density at radius 3 is 2.66 bits per heavy atom. The third-order valence-corrected chi connectivity index (χ3v) is 6.61. The number of rotatable bonds is 4. The molecule has 1 aliphatic carbocycles. The summed E-state index contributed by atoms with van der Waals surface area (Å²) < 4.78 is 0. The first-order chi connectivity index (χ1) is 15.5. The lowest BCUT2D eigenvalue weighted by Gasteiger charge is -2.27. The summed E-state index contributed by atoms with van der Waals surface area (Å²) in [7, 11) is 0. The van der Waals surface area contributed by atoms with Crippen LogP contribution in [0.4, 0.5) is 4.79 Å². The van der Waals surface area contributed by atoms with Gasteiger partial charge in [-0.2, -0.15) is 0 Å². The van der Waals surface area contributed by atoms with Crippen LogP contribution in [-0.4, -0.2) is 29.3 Å². The van der Waals surface area contributed by atoms with Gasteiger partial charge in [0.25, 0.3) is 5.91 Å². The Hall–Kier alpha value is -3.67. The Kier molecular flexibility index (Phi) is 4.93. The standard InChI is InChI=1S/C26H25N3O3/c1-26(20-14-13-17-7-2-3-9-19(17)15-20)24(31)29(25(32)28-26)16-23(30)27-22-12-6-10-18-8-4-5-11-21(18)22/h2-5,7-9,11,13-15,22H,6,10,12,16H2,1H3,(H,27,30)(H,28,32). The fraction of sp³-hybridized carbons (Fsp3) is 0.269. The highest BCUT2D eigenvalue weighted by Crippen LogP contribution is 2.32. The van der Waals surface area contributed by atoms with Gasteiger partial charge in [-0.3, -0.25) is 14.5 Å². The highest BCUT2D eigenvalue weighted by Gasteiger charge is 2.49. The lowest BCUT2D eigenvalue weighted by atomic mass is 9.88. The summed E-state index contributed by atoms with van der Waals surface area (Å²) in [5, 5.41) is 7.86. The van der Waals surface area contributed by atoms with Crippen molar-refractivity contribution in [2.75, 3.05) is 6.54 Å². The second kappa shape index (κ2) is 7.79. The van der Waals surface area contributed by atoms with Crippen molar-refractivity contribution >= 4 is 28.6 Å². The molecule has 2 aliphatic rings. The van der Waals surface area contributed by atoms with Crippen molar-refractivity contribution in [1.82, 2.24) is 15.5 Å². The van der Waals surface area contributed by atoms with Crippen LogP contribution in [0.15, 0.2) is 66.7 Å². The number of carbonyl (C=O) groups is 3. The van der Waals surface area contributed by atoms with Crippen molar-refractivity contribution < 1.29 is 14.4 Å². The molecule has 2 N–H and O–H groups in total. The summed E-state index contributed by atoms with van der Waals surface area (Å²) in [6.07, 6.45) is 2.84. The van der Waals surface area contributed by atoms with E-state index in [0.717, 1.165) is 40.5 Å². The third-order valence-electron chi connectivity index (χ3n) is 6.61. The number of amides is 4. The molecule has 162 valence electrons. The summed E-state index contributed by atoms with van der Waals surface area (Å²) in [6.45, 7) is 1.39. The molecule has 0 radical (unpaired) electrons. The summed E-state index contributed by atoms with van der Waals surface area (Å²) in [5.74, 6) is -0.755. The maximum atomic E-state index is 13.3. The van der Waals surface area contributed by atoms with Crippen molar-refractivity contribution in [2.45, 2.75) is 37.8 Å². The molecule has 5 rings (SSSR count). The van der Waals surface area contributed by atoms with Gasteiger partial charge in [0.05, 0.1) is 6.04 Å². The minimum absolute atomic E-state index is 0.0971. The molecule has 2 atom stereocenters. The number of nitrogens with one attached hydrogen (secondary N) is 2. The van der Waals surface area contributed by atoms with Gasteiger partial charge in [-0.1, -0.05) is 60.7 Å². The number of fused-ring (bicyclic) bond motifs is 2. The maximum Gasteiger partial charge on any atom is 0.325 e. The third kappa shape index (κ3) is 3.42. The first-order valence-corrected chi connectivity index (χ1v) is 11.0. The molecule has 0 saturated carbocycles. The van der Waals surface area contributed by atoms with Crippen LogP contribution in [0.3, 0.4) is 0 Å². The minimum Gasteiger partial charge on any atom is -0.348 e.